The Hall–Kier alpha value is -1.55. The summed E-state index contributed by atoms with van der Waals surface area (Å²) < 4.78 is 4.83. The van der Waals surface area contributed by atoms with Gasteiger partial charge in [-0.2, -0.15) is 0 Å². The summed E-state index contributed by atoms with van der Waals surface area (Å²) in [6, 6.07) is 3.22. The molecule has 2 heterocycles. The average Bonchev–Trinajstić information content (AvgIpc) is 2.29. The van der Waals surface area contributed by atoms with Gasteiger partial charge in [0.2, 0.25) is 0 Å². The number of hydrogen-bond acceptors (Lipinski definition) is 4. The van der Waals surface area contributed by atoms with Crippen molar-refractivity contribution < 1.29 is 9.53 Å². The lowest BCUT2D eigenvalue weighted by Crippen LogP contribution is -2.41. The Labute approximate surface area is 98.3 Å². The Morgan fingerprint density at radius 1 is 1.62 bits per heavy atom. The fourth-order valence-electron chi connectivity index (χ4n) is 1.65. The Kier molecular flexibility index (Phi) is 3.10. The zero-order valence-corrected chi connectivity index (χ0v) is 9.44. The zero-order chi connectivity index (χ0) is 11.5. The highest BCUT2D eigenvalue weighted by atomic mass is 35.5. The first-order valence-electron chi connectivity index (χ1n) is 4.92. The molecule has 0 radical (unpaired) electrons. The molecule has 1 unspecified atom stereocenters. The molecule has 4 nitrogen and oxygen atoms in total. The predicted molar refractivity (Wildman–Crippen MR) is 59.8 cm³/mol. The van der Waals surface area contributed by atoms with Crippen LogP contribution in [0.5, 0.6) is 0 Å². The van der Waals surface area contributed by atoms with E-state index >= 15 is 0 Å². The molecule has 1 aromatic heterocycles. The molecule has 2 rings (SSSR count). The fourth-order valence-corrected chi connectivity index (χ4v) is 1.94. The van der Waals surface area contributed by atoms with Crippen molar-refractivity contribution in [2.45, 2.75) is 18.9 Å². The molecule has 0 saturated heterocycles. The predicted octanol–water partition coefficient (Wildman–Crippen LogP) is 1.82. The Bertz CT molecular complexity index is 434. The summed E-state index contributed by atoms with van der Waals surface area (Å²) >= 11 is 5.98. The molecule has 16 heavy (non-hydrogen) atoms. The number of nitrogens with one attached hydrogen (secondary N) is 1. The summed E-state index contributed by atoms with van der Waals surface area (Å²) in [6.45, 7) is 1.90. The molecule has 1 aromatic rings. The number of aromatic nitrogens is 1. The third kappa shape index (κ3) is 2.02. The van der Waals surface area contributed by atoms with Gasteiger partial charge in [0.1, 0.15) is 17.5 Å². The van der Waals surface area contributed by atoms with Gasteiger partial charge in [-0.15, -0.1) is 0 Å². The molecule has 1 aliphatic heterocycles. The number of rotatable bonds is 2. The summed E-state index contributed by atoms with van der Waals surface area (Å²) in [5, 5.41) is 3.37. The van der Waals surface area contributed by atoms with Crippen LogP contribution in [0.3, 0.4) is 0 Å². The van der Waals surface area contributed by atoms with E-state index < -0.39 is 6.04 Å². The molecule has 0 aromatic carbocycles. The van der Waals surface area contributed by atoms with Crippen LogP contribution in [0.2, 0.25) is 5.15 Å². The highest BCUT2D eigenvalue weighted by Crippen LogP contribution is 2.26. The van der Waals surface area contributed by atoms with Gasteiger partial charge in [0.15, 0.2) is 0 Å². The van der Waals surface area contributed by atoms with E-state index in [1.54, 1.807) is 18.5 Å². The minimum absolute atomic E-state index is 0.0985. The van der Waals surface area contributed by atoms with Gasteiger partial charge in [-0.05, 0) is 11.6 Å². The molecular weight excluding hydrogens is 228 g/mol. The van der Waals surface area contributed by atoms with Gasteiger partial charge in [-0.3, -0.25) is 0 Å². The average molecular weight is 239 g/mol. The second-order valence-corrected chi connectivity index (χ2v) is 3.91. The van der Waals surface area contributed by atoms with E-state index in [1.807, 2.05) is 13.0 Å². The largest absolute Gasteiger partial charge is 0.431 e. The minimum atomic E-state index is -0.424. The van der Waals surface area contributed by atoms with Gasteiger partial charge in [-0.25, -0.2) is 9.78 Å². The number of carbonyl (C=O) groups is 1. The van der Waals surface area contributed by atoms with E-state index in [9.17, 15) is 4.79 Å². The van der Waals surface area contributed by atoms with E-state index in [2.05, 4.69) is 10.3 Å². The smallest absolute Gasteiger partial charge is 0.334 e. The third-order valence-corrected chi connectivity index (χ3v) is 2.88. The van der Waals surface area contributed by atoms with Gasteiger partial charge >= 0.3 is 5.97 Å². The summed E-state index contributed by atoms with van der Waals surface area (Å²) in [7, 11) is 0. The van der Waals surface area contributed by atoms with Gasteiger partial charge in [0, 0.05) is 18.3 Å². The zero-order valence-electron chi connectivity index (χ0n) is 8.68. The van der Waals surface area contributed by atoms with Crippen molar-refractivity contribution in [1.29, 1.82) is 0 Å². The molecule has 5 heteroatoms. The quantitative estimate of drug-likeness (QED) is 0.631. The summed E-state index contributed by atoms with van der Waals surface area (Å²) in [5.41, 5.74) is 0.828. The molecule has 1 aliphatic rings. The van der Waals surface area contributed by atoms with Gasteiger partial charge < -0.3 is 10.1 Å². The number of pyridine rings is 1. The Balaban J connectivity index is 2.25. The number of hydrogen-bond donors (Lipinski definition) is 1. The molecule has 0 fully saturated rings. The standard InChI is InChI=1S/C11H11ClN2O2/c1-7(8-3-2-4-14-10(8)12)9-11(15)16-6-5-13-9/h2-7,9,13H,1H3/t7?,9-/m1/s1. The molecule has 0 amide bonds. The normalized spacial score (nSPS) is 21.1. The number of nitrogens with zero attached hydrogens (tertiary/aromatic N) is 1. The Morgan fingerprint density at radius 3 is 3.12 bits per heavy atom. The summed E-state index contributed by atoms with van der Waals surface area (Å²) in [6.07, 6.45) is 4.55. The lowest BCUT2D eigenvalue weighted by molar-refractivity contribution is -0.141. The molecule has 0 spiro atoms. The Morgan fingerprint density at radius 2 is 2.44 bits per heavy atom. The van der Waals surface area contributed by atoms with Crippen LogP contribution in [0.15, 0.2) is 30.8 Å². The second-order valence-electron chi connectivity index (χ2n) is 3.56. The molecule has 84 valence electrons. The van der Waals surface area contributed by atoms with Crippen molar-refractivity contribution in [3.05, 3.63) is 41.5 Å². The number of ether oxygens (including phenoxy) is 1. The van der Waals surface area contributed by atoms with E-state index in [4.69, 9.17) is 16.3 Å². The van der Waals surface area contributed by atoms with E-state index in [0.29, 0.717) is 5.15 Å². The van der Waals surface area contributed by atoms with Crippen molar-refractivity contribution >= 4 is 17.6 Å². The van der Waals surface area contributed by atoms with Crippen LogP contribution in [-0.4, -0.2) is 17.0 Å². The van der Waals surface area contributed by atoms with E-state index in [-0.39, 0.29) is 11.9 Å². The lowest BCUT2D eigenvalue weighted by Gasteiger charge is -2.25. The van der Waals surface area contributed by atoms with Crippen LogP contribution in [-0.2, 0) is 9.53 Å². The van der Waals surface area contributed by atoms with Crippen LogP contribution >= 0.6 is 11.6 Å². The van der Waals surface area contributed by atoms with Crippen LogP contribution < -0.4 is 5.32 Å². The van der Waals surface area contributed by atoms with Crippen LogP contribution in [0.4, 0.5) is 0 Å². The molecule has 0 saturated carbocycles. The number of cyclic esters (lactones) is 1. The van der Waals surface area contributed by atoms with Crippen molar-refractivity contribution in [3.63, 3.8) is 0 Å². The molecule has 0 bridgehead atoms. The maximum Gasteiger partial charge on any atom is 0.334 e. The van der Waals surface area contributed by atoms with Crippen molar-refractivity contribution in [1.82, 2.24) is 10.3 Å². The number of carbonyl (C=O) groups excluding carboxylic acids is 1. The molecule has 1 N–H and O–H groups in total. The lowest BCUT2D eigenvalue weighted by atomic mass is 9.94. The molecule has 2 atom stereocenters. The van der Waals surface area contributed by atoms with E-state index in [0.717, 1.165) is 5.56 Å². The molecular formula is C11H11ClN2O2. The van der Waals surface area contributed by atoms with Crippen molar-refractivity contribution in [2.24, 2.45) is 0 Å². The molecule has 0 aliphatic carbocycles. The monoisotopic (exact) mass is 238 g/mol. The number of halogens is 1. The second kappa shape index (κ2) is 4.53. The maximum atomic E-state index is 11.5. The first-order chi connectivity index (χ1) is 7.70. The van der Waals surface area contributed by atoms with Crippen LogP contribution in [0, 0.1) is 0 Å². The topological polar surface area (TPSA) is 51.2 Å². The summed E-state index contributed by atoms with van der Waals surface area (Å²) in [5.74, 6) is -0.409. The maximum absolute atomic E-state index is 11.5. The van der Waals surface area contributed by atoms with Crippen molar-refractivity contribution in [3.8, 4) is 0 Å². The number of esters is 1. The van der Waals surface area contributed by atoms with Gasteiger partial charge in [0.25, 0.3) is 0 Å². The van der Waals surface area contributed by atoms with E-state index in [1.165, 1.54) is 6.26 Å². The highest BCUT2D eigenvalue weighted by Gasteiger charge is 2.29. The van der Waals surface area contributed by atoms with Gasteiger partial charge in [-0.1, -0.05) is 24.6 Å². The third-order valence-electron chi connectivity index (χ3n) is 2.56. The van der Waals surface area contributed by atoms with Crippen LogP contribution in [0.1, 0.15) is 18.4 Å². The highest BCUT2D eigenvalue weighted by molar-refractivity contribution is 6.30. The first-order valence-corrected chi connectivity index (χ1v) is 5.30. The summed E-state index contributed by atoms with van der Waals surface area (Å²) in [4.78, 5) is 15.5. The van der Waals surface area contributed by atoms with Crippen LogP contribution in [0.25, 0.3) is 0 Å². The van der Waals surface area contributed by atoms with Crippen molar-refractivity contribution in [2.75, 3.05) is 0 Å². The minimum Gasteiger partial charge on any atom is -0.431 e. The fraction of sp³-hybridized carbons (Fsp3) is 0.273. The van der Waals surface area contributed by atoms with Gasteiger partial charge in [0.05, 0.1) is 0 Å². The first kappa shape index (κ1) is 11.0. The SMILES string of the molecule is CC(c1cccnc1Cl)[C@H]1NC=COC1=O.